The predicted molar refractivity (Wildman–Crippen MR) is 141 cm³/mol. The third-order valence-corrected chi connectivity index (χ3v) is 7.06. The van der Waals surface area contributed by atoms with Crippen molar-refractivity contribution < 1.29 is 8.98 Å². The number of pyridine rings is 1. The lowest BCUT2D eigenvalue weighted by Crippen LogP contribution is -2.53. The molecule has 34 heavy (non-hydrogen) atoms. The normalized spacial score (nSPS) is 13.9. The van der Waals surface area contributed by atoms with Gasteiger partial charge < -0.3 is 4.42 Å². The summed E-state index contributed by atoms with van der Waals surface area (Å²) < 4.78 is 10.8. The van der Waals surface area contributed by atoms with Crippen LogP contribution in [0, 0.1) is 6.92 Å². The molecule has 0 saturated carbocycles. The Bertz CT molecular complexity index is 1400. The molecule has 5 nitrogen and oxygen atoms in total. The third kappa shape index (κ3) is 3.39. The molecule has 0 spiro atoms. The molecule has 0 radical (unpaired) electrons. The van der Waals surface area contributed by atoms with E-state index in [2.05, 4.69) is 116 Å². The number of benzene rings is 1. The van der Waals surface area contributed by atoms with Crippen molar-refractivity contribution in [3.05, 3.63) is 71.0 Å². The van der Waals surface area contributed by atoms with E-state index < -0.39 is 0 Å². The average molecular weight is 453 g/mol. The SMILES string of the molecule is CB1c2c(oc3nc(C)ccc23)C=C(C)N1c1n(-c2c(C(C)C)cccc2C(C)C)cc[n+]1C. The van der Waals surface area contributed by atoms with Gasteiger partial charge in [-0.2, -0.15) is 0 Å². The van der Waals surface area contributed by atoms with E-state index in [1.165, 1.54) is 22.3 Å². The zero-order valence-corrected chi connectivity index (χ0v) is 21.5. The first-order chi connectivity index (χ1) is 16.2. The van der Waals surface area contributed by atoms with Crippen molar-refractivity contribution in [3.8, 4) is 5.69 Å². The van der Waals surface area contributed by atoms with Gasteiger partial charge in [-0.05, 0) is 55.8 Å². The zero-order valence-electron chi connectivity index (χ0n) is 21.5. The highest BCUT2D eigenvalue weighted by molar-refractivity contribution is 6.79. The molecule has 0 aliphatic carbocycles. The number of furan rings is 1. The van der Waals surface area contributed by atoms with Crippen LogP contribution < -0.4 is 14.8 Å². The Labute approximate surface area is 202 Å². The molecule has 1 aliphatic rings. The minimum absolute atomic E-state index is 0.0966. The summed E-state index contributed by atoms with van der Waals surface area (Å²) in [6, 6.07) is 11.0. The fourth-order valence-corrected chi connectivity index (χ4v) is 5.39. The second kappa shape index (κ2) is 8.19. The summed E-state index contributed by atoms with van der Waals surface area (Å²) in [4.78, 5) is 7.08. The number of aryl methyl sites for hydroxylation is 2. The number of fused-ring (bicyclic) bond motifs is 3. The van der Waals surface area contributed by atoms with Crippen molar-refractivity contribution >= 4 is 35.4 Å². The van der Waals surface area contributed by atoms with Gasteiger partial charge in [0.2, 0.25) is 5.71 Å². The van der Waals surface area contributed by atoms with E-state index in [-0.39, 0.29) is 6.85 Å². The highest BCUT2D eigenvalue weighted by Gasteiger charge is 2.41. The molecule has 3 aromatic heterocycles. The van der Waals surface area contributed by atoms with E-state index in [4.69, 9.17) is 4.42 Å². The largest absolute Gasteiger partial charge is 0.439 e. The molecule has 0 atom stereocenters. The summed E-state index contributed by atoms with van der Waals surface area (Å²) in [6.07, 6.45) is 6.52. The van der Waals surface area contributed by atoms with Gasteiger partial charge in [-0.15, -0.1) is 0 Å². The summed E-state index contributed by atoms with van der Waals surface area (Å²) in [5.74, 6) is 2.89. The molecule has 4 aromatic rings. The Morgan fingerprint density at radius 1 is 1.00 bits per heavy atom. The molecule has 6 heteroatoms. The first-order valence-corrected chi connectivity index (χ1v) is 12.3. The van der Waals surface area contributed by atoms with Crippen molar-refractivity contribution in [1.82, 2.24) is 9.55 Å². The van der Waals surface area contributed by atoms with Gasteiger partial charge in [-0.3, -0.25) is 4.81 Å². The zero-order chi connectivity index (χ0) is 24.3. The van der Waals surface area contributed by atoms with Gasteiger partial charge in [0.05, 0.1) is 18.9 Å². The fourth-order valence-electron chi connectivity index (χ4n) is 5.39. The van der Waals surface area contributed by atoms with Crippen LogP contribution >= 0.6 is 0 Å². The lowest BCUT2D eigenvalue weighted by molar-refractivity contribution is -0.657. The average Bonchev–Trinajstić information content (AvgIpc) is 3.32. The number of hydrogen-bond acceptors (Lipinski definition) is 3. The summed E-state index contributed by atoms with van der Waals surface area (Å²) in [7, 11) is 2.13. The van der Waals surface area contributed by atoms with Crippen molar-refractivity contribution in [3.63, 3.8) is 0 Å². The van der Waals surface area contributed by atoms with Gasteiger partial charge in [0.15, 0.2) is 0 Å². The molecular weight excluding hydrogens is 419 g/mol. The minimum Gasteiger partial charge on any atom is -0.439 e. The Morgan fingerprint density at radius 3 is 2.32 bits per heavy atom. The van der Waals surface area contributed by atoms with E-state index in [0.717, 1.165) is 34.2 Å². The highest BCUT2D eigenvalue weighted by Crippen LogP contribution is 2.35. The van der Waals surface area contributed by atoms with Gasteiger partial charge in [-0.25, -0.2) is 14.1 Å². The third-order valence-electron chi connectivity index (χ3n) is 7.06. The van der Waals surface area contributed by atoms with E-state index >= 15 is 0 Å². The van der Waals surface area contributed by atoms with Gasteiger partial charge in [-0.1, -0.05) is 45.9 Å². The first-order valence-electron chi connectivity index (χ1n) is 12.3. The summed E-state index contributed by atoms with van der Waals surface area (Å²) in [5.41, 5.74) is 8.06. The highest BCUT2D eigenvalue weighted by atomic mass is 16.3. The van der Waals surface area contributed by atoms with E-state index in [0.29, 0.717) is 11.8 Å². The minimum atomic E-state index is 0.0966. The Balaban J connectivity index is 1.74. The topological polar surface area (TPSA) is 38.1 Å². The van der Waals surface area contributed by atoms with Gasteiger partial charge >= 0.3 is 12.8 Å². The van der Waals surface area contributed by atoms with Crippen molar-refractivity contribution in [1.29, 1.82) is 0 Å². The Hall–Kier alpha value is -3.28. The summed E-state index contributed by atoms with van der Waals surface area (Å²) in [6.45, 7) is 15.6. The lowest BCUT2D eigenvalue weighted by atomic mass is 9.54. The maximum atomic E-state index is 6.20. The van der Waals surface area contributed by atoms with Crippen LogP contribution in [0.15, 0.2) is 52.8 Å². The van der Waals surface area contributed by atoms with Crippen LogP contribution in [0.4, 0.5) is 5.95 Å². The number of aromatic nitrogens is 3. The molecule has 5 rings (SSSR count). The number of hydrogen-bond donors (Lipinski definition) is 0. The van der Waals surface area contributed by atoms with E-state index in [1.54, 1.807) is 0 Å². The molecule has 0 saturated heterocycles. The number of rotatable bonds is 4. The lowest BCUT2D eigenvalue weighted by Gasteiger charge is -2.28. The smallest absolute Gasteiger partial charge is 0.378 e. The van der Waals surface area contributed by atoms with Crippen LogP contribution in [0.2, 0.25) is 6.82 Å². The van der Waals surface area contributed by atoms with E-state index in [9.17, 15) is 0 Å². The standard InChI is InChI=1S/C28H34BN4O/c1-17(2)21-10-9-11-22(18(3)4)26(21)32-15-14-31(8)28(32)33-20(6)16-24-25(29(33)7)23-13-12-19(5)30-27(23)34-24/h9-18H,1-8H3/q+1. The van der Waals surface area contributed by atoms with Crippen LogP contribution in [0.1, 0.15) is 69.0 Å². The molecule has 0 N–H and O–H groups in total. The molecular formula is C28H34BN4O+. The fraction of sp³-hybridized carbons (Fsp3) is 0.357. The number of anilines is 1. The quantitative estimate of drug-likeness (QED) is 0.294. The molecule has 0 amide bonds. The summed E-state index contributed by atoms with van der Waals surface area (Å²) in [5, 5.41) is 1.09. The molecule has 1 aliphatic heterocycles. The van der Waals surface area contributed by atoms with Crippen molar-refractivity contribution in [2.75, 3.05) is 4.81 Å². The molecule has 4 heterocycles. The van der Waals surface area contributed by atoms with Crippen LogP contribution in [0.25, 0.3) is 22.9 Å². The van der Waals surface area contributed by atoms with Gasteiger partial charge in [0.25, 0.3) is 0 Å². The first kappa shape index (κ1) is 22.5. The maximum absolute atomic E-state index is 6.20. The Kier molecular flexibility index (Phi) is 5.42. The Morgan fingerprint density at radius 2 is 1.68 bits per heavy atom. The van der Waals surface area contributed by atoms with Gasteiger partial charge in [0, 0.05) is 22.6 Å². The van der Waals surface area contributed by atoms with Crippen LogP contribution in [-0.4, -0.2) is 16.4 Å². The van der Waals surface area contributed by atoms with E-state index in [1.807, 2.05) is 6.92 Å². The van der Waals surface area contributed by atoms with Crippen LogP contribution in [0.5, 0.6) is 0 Å². The van der Waals surface area contributed by atoms with Crippen molar-refractivity contribution in [2.24, 2.45) is 7.05 Å². The number of nitrogens with zero attached hydrogens (tertiary/aromatic N) is 4. The molecule has 0 fully saturated rings. The monoisotopic (exact) mass is 453 g/mol. The molecule has 174 valence electrons. The van der Waals surface area contributed by atoms with Gasteiger partial charge in [0.1, 0.15) is 17.6 Å². The molecule has 0 unspecified atom stereocenters. The predicted octanol–water partition coefficient (Wildman–Crippen LogP) is 5.71. The maximum Gasteiger partial charge on any atom is 0.378 e. The van der Waals surface area contributed by atoms with Crippen LogP contribution in [0.3, 0.4) is 0 Å². The number of para-hydroxylation sites is 1. The van der Waals surface area contributed by atoms with Crippen LogP contribution in [-0.2, 0) is 7.05 Å². The molecule has 1 aromatic carbocycles. The summed E-state index contributed by atoms with van der Waals surface area (Å²) >= 11 is 0. The second-order valence-corrected chi connectivity index (χ2v) is 10.2. The van der Waals surface area contributed by atoms with Crippen molar-refractivity contribution in [2.45, 2.75) is 60.2 Å². The number of allylic oxidation sites excluding steroid dienone is 1. The number of imidazole rings is 1. The second-order valence-electron chi connectivity index (χ2n) is 10.2. The molecule has 0 bridgehead atoms.